The highest BCUT2D eigenvalue weighted by atomic mass is 19.1. The Hall–Kier alpha value is -3.21. The number of nitriles is 1. The summed E-state index contributed by atoms with van der Waals surface area (Å²) in [6.45, 7) is 1.66. The van der Waals surface area contributed by atoms with Crippen LogP contribution in [-0.2, 0) is 0 Å². The summed E-state index contributed by atoms with van der Waals surface area (Å²) in [5.41, 5.74) is 0.547. The van der Waals surface area contributed by atoms with Gasteiger partial charge in [0.15, 0.2) is 0 Å². The fourth-order valence-electron chi connectivity index (χ4n) is 2.98. The maximum Gasteiger partial charge on any atom is 0.292 e. The van der Waals surface area contributed by atoms with Gasteiger partial charge in [-0.25, -0.2) is 8.78 Å². The van der Waals surface area contributed by atoms with Crippen LogP contribution >= 0.6 is 0 Å². The number of halogens is 2. The van der Waals surface area contributed by atoms with E-state index in [0.29, 0.717) is 31.9 Å². The van der Waals surface area contributed by atoms with Crippen LogP contribution in [0.2, 0.25) is 0 Å². The fourth-order valence-corrected chi connectivity index (χ4v) is 2.98. The van der Waals surface area contributed by atoms with Gasteiger partial charge in [0, 0.05) is 38.3 Å². The Balaban J connectivity index is 1.82. The summed E-state index contributed by atoms with van der Waals surface area (Å²) in [6, 6.07) is 9.66. The lowest BCUT2D eigenvalue weighted by Crippen LogP contribution is -2.47. The van der Waals surface area contributed by atoms with E-state index >= 15 is 0 Å². The third-order valence-corrected chi connectivity index (χ3v) is 4.20. The van der Waals surface area contributed by atoms with Crippen LogP contribution in [-0.4, -0.2) is 31.1 Å². The zero-order chi connectivity index (χ0) is 18.0. The average Bonchev–Trinajstić information content (AvgIpc) is 2.61. The van der Waals surface area contributed by atoms with Gasteiger partial charge in [-0.2, -0.15) is 5.26 Å². The molecule has 6 nitrogen and oxygen atoms in total. The Bertz CT molecular complexity index is 858. The minimum atomic E-state index is -0.580. The Kier molecular flexibility index (Phi) is 4.48. The van der Waals surface area contributed by atoms with Gasteiger partial charge < -0.3 is 9.80 Å². The molecule has 1 fully saturated rings. The summed E-state index contributed by atoms with van der Waals surface area (Å²) in [6.07, 6.45) is 0. The zero-order valence-electron chi connectivity index (χ0n) is 13.2. The highest BCUT2D eigenvalue weighted by molar-refractivity contribution is 5.65. The van der Waals surface area contributed by atoms with Gasteiger partial charge in [0.2, 0.25) is 0 Å². The number of nitro benzene ring substituents is 1. The first kappa shape index (κ1) is 16.6. The van der Waals surface area contributed by atoms with E-state index < -0.39 is 16.6 Å². The highest BCUT2D eigenvalue weighted by Crippen LogP contribution is 2.31. The van der Waals surface area contributed by atoms with Crippen molar-refractivity contribution in [3.05, 3.63) is 63.7 Å². The lowest BCUT2D eigenvalue weighted by atomic mass is 10.1. The van der Waals surface area contributed by atoms with Crippen LogP contribution in [0.4, 0.5) is 25.8 Å². The van der Waals surface area contributed by atoms with Crippen molar-refractivity contribution in [3.63, 3.8) is 0 Å². The largest absolute Gasteiger partial charge is 0.367 e. The molecular weight excluding hydrogens is 330 g/mol. The number of anilines is 2. The molecule has 0 bridgehead atoms. The monoisotopic (exact) mass is 344 g/mol. The van der Waals surface area contributed by atoms with Crippen LogP contribution in [0, 0.1) is 33.1 Å². The van der Waals surface area contributed by atoms with Gasteiger partial charge >= 0.3 is 0 Å². The van der Waals surface area contributed by atoms with Gasteiger partial charge in [0.1, 0.15) is 29.0 Å². The van der Waals surface area contributed by atoms with Gasteiger partial charge in [-0.15, -0.1) is 0 Å². The van der Waals surface area contributed by atoms with E-state index in [1.807, 2.05) is 11.0 Å². The second-order valence-corrected chi connectivity index (χ2v) is 5.61. The van der Waals surface area contributed by atoms with Crippen molar-refractivity contribution in [2.75, 3.05) is 36.0 Å². The van der Waals surface area contributed by atoms with Crippen molar-refractivity contribution in [1.82, 2.24) is 0 Å². The van der Waals surface area contributed by atoms with E-state index in [1.165, 1.54) is 12.1 Å². The van der Waals surface area contributed by atoms with Crippen LogP contribution in [0.1, 0.15) is 5.56 Å². The fraction of sp³-hybridized carbons (Fsp3) is 0.235. The predicted molar refractivity (Wildman–Crippen MR) is 88.6 cm³/mol. The van der Waals surface area contributed by atoms with Crippen LogP contribution in [0.5, 0.6) is 0 Å². The number of hydrogen-bond acceptors (Lipinski definition) is 5. The van der Waals surface area contributed by atoms with Crippen LogP contribution < -0.4 is 9.80 Å². The van der Waals surface area contributed by atoms with Gasteiger partial charge in [-0.05, 0) is 18.2 Å². The molecule has 0 atom stereocenters. The van der Waals surface area contributed by atoms with Crippen molar-refractivity contribution < 1.29 is 13.7 Å². The molecule has 0 aliphatic carbocycles. The summed E-state index contributed by atoms with van der Waals surface area (Å²) in [4.78, 5) is 14.2. The van der Waals surface area contributed by atoms with E-state index in [1.54, 1.807) is 11.0 Å². The van der Waals surface area contributed by atoms with Gasteiger partial charge in [-0.1, -0.05) is 6.07 Å². The first-order chi connectivity index (χ1) is 12.0. The molecule has 0 radical (unpaired) electrons. The number of nitrogens with zero attached hydrogens (tertiary/aromatic N) is 4. The molecule has 2 aromatic rings. The third kappa shape index (κ3) is 3.21. The Morgan fingerprint density at radius 3 is 2.28 bits per heavy atom. The predicted octanol–water partition coefficient (Wildman–Crippen LogP) is 3.07. The standard InChI is InChI=1S/C17H14F2N4O2/c18-12-4-5-16(23(24)25)17(10-12)22-8-6-21(7-9-22)15-3-1-2-14(19)13(15)11-20/h1-5,10H,6-9H2. The Morgan fingerprint density at radius 1 is 1.04 bits per heavy atom. The van der Waals surface area contributed by atoms with Crippen LogP contribution in [0.15, 0.2) is 36.4 Å². The van der Waals surface area contributed by atoms with Gasteiger partial charge in [-0.3, -0.25) is 10.1 Å². The lowest BCUT2D eigenvalue weighted by molar-refractivity contribution is -0.384. The third-order valence-electron chi connectivity index (χ3n) is 4.20. The van der Waals surface area contributed by atoms with E-state index in [-0.39, 0.29) is 16.9 Å². The second kappa shape index (κ2) is 6.73. The quantitative estimate of drug-likeness (QED) is 0.632. The molecule has 1 heterocycles. The molecule has 0 saturated carbocycles. The summed E-state index contributed by atoms with van der Waals surface area (Å²) >= 11 is 0. The number of nitro groups is 1. The second-order valence-electron chi connectivity index (χ2n) is 5.61. The summed E-state index contributed by atoms with van der Waals surface area (Å²) in [5, 5.41) is 20.3. The maximum atomic E-state index is 13.8. The summed E-state index contributed by atoms with van der Waals surface area (Å²) in [5.74, 6) is -1.12. The molecule has 0 N–H and O–H groups in total. The number of hydrogen-bond donors (Lipinski definition) is 0. The Morgan fingerprint density at radius 2 is 1.68 bits per heavy atom. The minimum Gasteiger partial charge on any atom is -0.367 e. The molecule has 0 aromatic heterocycles. The molecule has 0 spiro atoms. The smallest absolute Gasteiger partial charge is 0.292 e. The summed E-state index contributed by atoms with van der Waals surface area (Å²) < 4.78 is 27.3. The first-order valence-corrected chi connectivity index (χ1v) is 7.63. The molecule has 1 aliphatic rings. The van der Waals surface area contributed by atoms with Gasteiger partial charge in [0.05, 0.1) is 10.6 Å². The number of rotatable bonds is 3. The summed E-state index contributed by atoms with van der Waals surface area (Å²) in [7, 11) is 0. The van der Waals surface area contributed by atoms with E-state index in [2.05, 4.69) is 0 Å². The van der Waals surface area contributed by atoms with Crippen molar-refractivity contribution in [2.24, 2.45) is 0 Å². The zero-order valence-corrected chi connectivity index (χ0v) is 13.2. The molecule has 1 saturated heterocycles. The SMILES string of the molecule is N#Cc1c(F)cccc1N1CCN(c2cc(F)ccc2[N+](=O)[O-])CC1. The molecule has 128 valence electrons. The van der Waals surface area contributed by atoms with E-state index in [9.17, 15) is 18.9 Å². The Labute approximate surface area is 142 Å². The first-order valence-electron chi connectivity index (χ1n) is 7.63. The van der Waals surface area contributed by atoms with Crippen LogP contribution in [0.25, 0.3) is 0 Å². The maximum absolute atomic E-state index is 13.8. The van der Waals surface area contributed by atoms with Crippen molar-refractivity contribution in [1.29, 1.82) is 5.26 Å². The topological polar surface area (TPSA) is 73.4 Å². The van der Waals surface area contributed by atoms with E-state index in [0.717, 1.165) is 18.2 Å². The molecule has 25 heavy (non-hydrogen) atoms. The molecule has 0 amide bonds. The molecule has 0 unspecified atom stereocenters. The molecule has 2 aromatic carbocycles. The molecule has 8 heteroatoms. The average molecular weight is 344 g/mol. The van der Waals surface area contributed by atoms with Crippen LogP contribution in [0.3, 0.4) is 0 Å². The number of piperazine rings is 1. The lowest BCUT2D eigenvalue weighted by Gasteiger charge is -2.37. The molecule has 3 rings (SSSR count). The van der Waals surface area contributed by atoms with E-state index in [4.69, 9.17) is 5.26 Å². The number of benzene rings is 2. The molecular formula is C17H14F2N4O2. The highest BCUT2D eigenvalue weighted by Gasteiger charge is 2.25. The van der Waals surface area contributed by atoms with Crippen molar-refractivity contribution >= 4 is 17.1 Å². The minimum absolute atomic E-state index is 0.0207. The normalized spacial score (nSPS) is 14.3. The molecule has 1 aliphatic heterocycles. The van der Waals surface area contributed by atoms with Crippen molar-refractivity contribution in [2.45, 2.75) is 0 Å². The van der Waals surface area contributed by atoms with Gasteiger partial charge in [0.25, 0.3) is 5.69 Å². The van der Waals surface area contributed by atoms with Crippen molar-refractivity contribution in [3.8, 4) is 6.07 Å².